The van der Waals surface area contributed by atoms with E-state index in [0.29, 0.717) is 10.0 Å². The van der Waals surface area contributed by atoms with E-state index in [1.807, 2.05) is 24.3 Å². The zero-order valence-corrected chi connectivity index (χ0v) is 12.8. The number of halogens is 2. The van der Waals surface area contributed by atoms with Gasteiger partial charge < -0.3 is 10.1 Å². The SMILES string of the molecule is CCCOc1ccc(CNc2ccc(Cl)c(Cl)c2)cc1. The summed E-state index contributed by atoms with van der Waals surface area (Å²) >= 11 is 11.9. The summed E-state index contributed by atoms with van der Waals surface area (Å²) in [4.78, 5) is 0. The van der Waals surface area contributed by atoms with E-state index in [1.165, 1.54) is 5.56 Å². The fraction of sp³-hybridized carbons (Fsp3) is 0.250. The number of hydrogen-bond donors (Lipinski definition) is 1. The Labute approximate surface area is 129 Å². The van der Waals surface area contributed by atoms with Gasteiger partial charge in [-0.2, -0.15) is 0 Å². The standard InChI is InChI=1S/C16H17Cl2NO/c1-2-9-20-14-6-3-12(4-7-14)11-19-13-5-8-15(17)16(18)10-13/h3-8,10,19H,2,9,11H2,1H3. The molecular formula is C16H17Cl2NO. The third-order valence-electron chi connectivity index (χ3n) is 2.81. The molecule has 0 bridgehead atoms. The molecule has 2 nitrogen and oxygen atoms in total. The van der Waals surface area contributed by atoms with Crippen molar-refractivity contribution in [1.82, 2.24) is 0 Å². The number of benzene rings is 2. The van der Waals surface area contributed by atoms with Gasteiger partial charge in [-0.1, -0.05) is 42.3 Å². The molecule has 2 aromatic carbocycles. The Morgan fingerprint density at radius 3 is 2.40 bits per heavy atom. The molecule has 106 valence electrons. The Bertz CT molecular complexity index is 555. The van der Waals surface area contributed by atoms with E-state index in [2.05, 4.69) is 24.4 Å². The molecule has 0 aliphatic carbocycles. The second kappa shape index (κ2) is 7.41. The van der Waals surface area contributed by atoms with Crippen LogP contribution in [0.1, 0.15) is 18.9 Å². The maximum atomic E-state index is 5.98. The highest BCUT2D eigenvalue weighted by Gasteiger charge is 2.00. The molecule has 0 aliphatic heterocycles. The predicted octanol–water partition coefficient (Wildman–Crippen LogP) is 5.39. The second-order valence-corrected chi connectivity index (χ2v) is 5.29. The van der Waals surface area contributed by atoms with E-state index in [0.717, 1.165) is 31.0 Å². The van der Waals surface area contributed by atoms with Gasteiger partial charge in [0.1, 0.15) is 5.75 Å². The van der Waals surface area contributed by atoms with Crippen LogP contribution in [0.15, 0.2) is 42.5 Å². The van der Waals surface area contributed by atoms with Gasteiger partial charge in [-0.3, -0.25) is 0 Å². The normalized spacial score (nSPS) is 10.3. The highest BCUT2D eigenvalue weighted by Crippen LogP contribution is 2.25. The van der Waals surface area contributed by atoms with Gasteiger partial charge in [0.15, 0.2) is 0 Å². The van der Waals surface area contributed by atoms with Gasteiger partial charge in [-0.15, -0.1) is 0 Å². The lowest BCUT2D eigenvalue weighted by Gasteiger charge is -2.09. The minimum absolute atomic E-state index is 0.556. The van der Waals surface area contributed by atoms with Gasteiger partial charge in [0, 0.05) is 12.2 Å². The molecule has 0 aromatic heterocycles. The number of ether oxygens (including phenoxy) is 1. The summed E-state index contributed by atoms with van der Waals surface area (Å²) in [5, 5.41) is 4.43. The van der Waals surface area contributed by atoms with Crippen LogP contribution in [0.5, 0.6) is 5.75 Å². The van der Waals surface area contributed by atoms with Crippen LogP contribution in [0.4, 0.5) is 5.69 Å². The first-order valence-electron chi connectivity index (χ1n) is 6.59. The average molecular weight is 310 g/mol. The number of hydrogen-bond acceptors (Lipinski definition) is 2. The van der Waals surface area contributed by atoms with E-state index in [4.69, 9.17) is 27.9 Å². The fourth-order valence-corrected chi connectivity index (χ4v) is 2.03. The van der Waals surface area contributed by atoms with Gasteiger partial charge in [-0.25, -0.2) is 0 Å². The highest BCUT2D eigenvalue weighted by molar-refractivity contribution is 6.42. The monoisotopic (exact) mass is 309 g/mol. The van der Waals surface area contributed by atoms with Crippen molar-refractivity contribution in [2.24, 2.45) is 0 Å². The Balaban J connectivity index is 1.91. The van der Waals surface area contributed by atoms with Gasteiger partial charge in [-0.05, 0) is 42.3 Å². The van der Waals surface area contributed by atoms with Crippen molar-refractivity contribution in [3.63, 3.8) is 0 Å². The largest absolute Gasteiger partial charge is 0.494 e. The van der Waals surface area contributed by atoms with E-state index in [9.17, 15) is 0 Å². The van der Waals surface area contributed by atoms with E-state index >= 15 is 0 Å². The summed E-state index contributed by atoms with van der Waals surface area (Å²) < 4.78 is 5.55. The lowest BCUT2D eigenvalue weighted by Crippen LogP contribution is -2.00. The highest BCUT2D eigenvalue weighted by atomic mass is 35.5. The molecule has 0 amide bonds. The lowest BCUT2D eigenvalue weighted by molar-refractivity contribution is 0.317. The molecule has 2 rings (SSSR count). The summed E-state index contributed by atoms with van der Waals surface area (Å²) in [6.07, 6.45) is 1.01. The van der Waals surface area contributed by atoms with Crippen molar-refractivity contribution in [2.75, 3.05) is 11.9 Å². The van der Waals surface area contributed by atoms with E-state index < -0.39 is 0 Å². The number of nitrogens with one attached hydrogen (secondary N) is 1. The van der Waals surface area contributed by atoms with Crippen LogP contribution in [-0.2, 0) is 6.54 Å². The smallest absolute Gasteiger partial charge is 0.119 e. The van der Waals surface area contributed by atoms with Crippen molar-refractivity contribution in [3.8, 4) is 5.75 Å². The van der Waals surface area contributed by atoms with Gasteiger partial charge in [0.05, 0.1) is 16.7 Å². The van der Waals surface area contributed by atoms with Gasteiger partial charge in [0.2, 0.25) is 0 Å². The Morgan fingerprint density at radius 2 is 1.75 bits per heavy atom. The molecule has 0 saturated carbocycles. The molecule has 4 heteroatoms. The predicted molar refractivity (Wildman–Crippen MR) is 86.0 cm³/mol. The third kappa shape index (κ3) is 4.32. The molecule has 20 heavy (non-hydrogen) atoms. The molecular weight excluding hydrogens is 293 g/mol. The molecule has 0 saturated heterocycles. The van der Waals surface area contributed by atoms with Gasteiger partial charge >= 0.3 is 0 Å². The zero-order valence-electron chi connectivity index (χ0n) is 11.3. The summed E-state index contributed by atoms with van der Waals surface area (Å²) in [6.45, 7) is 3.57. The summed E-state index contributed by atoms with van der Waals surface area (Å²) in [7, 11) is 0. The molecule has 2 aromatic rings. The molecule has 0 spiro atoms. The fourth-order valence-electron chi connectivity index (χ4n) is 1.73. The molecule has 0 aliphatic rings. The van der Waals surface area contributed by atoms with Crippen LogP contribution in [0.2, 0.25) is 10.0 Å². The van der Waals surface area contributed by atoms with Crippen LogP contribution in [0.25, 0.3) is 0 Å². The van der Waals surface area contributed by atoms with Crippen LogP contribution in [-0.4, -0.2) is 6.61 Å². The van der Waals surface area contributed by atoms with E-state index in [-0.39, 0.29) is 0 Å². The van der Waals surface area contributed by atoms with Crippen molar-refractivity contribution in [1.29, 1.82) is 0 Å². The first kappa shape index (κ1) is 15.0. The molecule has 1 N–H and O–H groups in total. The van der Waals surface area contributed by atoms with Crippen LogP contribution in [0.3, 0.4) is 0 Å². The Kier molecular flexibility index (Phi) is 5.57. The lowest BCUT2D eigenvalue weighted by atomic mass is 10.2. The molecule has 0 radical (unpaired) electrons. The summed E-state index contributed by atoms with van der Waals surface area (Å²) in [5.41, 5.74) is 2.13. The first-order valence-corrected chi connectivity index (χ1v) is 7.35. The topological polar surface area (TPSA) is 21.3 Å². The Hall–Kier alpha value is -1.38. The maximum absolute atomic E-state index is 5.98. The minimum atomic E-state index is 0.556. The van der Waals surface area contributed by atoms with Crippen LogP contribution >= 0.6 is 23.2 Å². The molecule has 0 unspecified atom stereocenters. The summed E-state index contributed by atoms with van der Waals surface area (Å²) in [6, 6.07) is 13.6. The number of rotatable bonds is 6. The van der Waals surface area contributed by atoms with Crippen molar-refractivity contribution >= 4 is 28.9 Å². The maximum Gasteiger partial charge on any atom is 0.119 e. The minimum Gasteiger partial charge on any atom is -0.494 e. The van der Waals surface area contributed by atoms with E-state index in [1.54, 1.807) is 6.07 Å². The third-order valence-corrected chi connectivity index (χ3v) is 3.55. The second-order valence-electron chi connectivity index (χ2n) is 4.47. The molecule has 0 atom stereocenters. The van der Waals surface area contributed by atoms with Crippen molar-refractivity contribution in [3.05, 3.63) is 58.1 Å². The number of anilines is 1. The summed E-state index contributed by atoms with van der Waals surface area (Å²) in [5.74, 6) is 0.908. The van der Waals surface area contributed by atoms with Crippen LogP contribution in [0, 0.1) is 0 Å². The average Bonchev–Trinajstić information content (AvgIpc) is 2.47. The molecule has 0 heterocycles. The quantitative estimate of drug-likeness (QED) is 0.772. The zero-order chi connectivity index (χ0) is 14.4. The van der Waals surface area contributed by atoms with Crippen molar-refractivity contribution < 1.29 is 4.74 Å². The van der Waals surface area contributed by atoms with Crippen molar-refractivity contribution in [2.45, 2.75) is 19.9 Å². The molecule has 0 fully saturated rings. The van der Waals surface area contributed by atoms with Gasteiger partial charge in [0.25, 0.3) is 0 Å². The Morgan fingerprint density at radius 1 is 1.00 bits per heavy atom. The van der Waals surface area contributed by atoms with Crippen LogP contribution < -0.4 is 10.1 Å². The first-order chi connectivity index (χ1) is 9.69.